The van der Waals surface area contributed by atoms with E-state index in [1.807, 2.05) is 0 Å². The third-order valence-corrected chi connectivity index (χ3v) is 8.24. The van der Waals surface area contributed by atoms with Gasteiger partial charge in [-0.3, -0.25) is 10.1 Å². The van der Waals surface area contributed by atoms with Crippen molar-refractivity contribution >= 4 is 23.6 Å². The molecule has 0 bridgehead atoms. The quantitative estimate of drug-likeness (QED) is 0.276. The molecular formula is C29H34F3N7O3. The Morgan fingerprint density at radius 3 is 2.17 bits per heavy atom. The Bertz CT molecular complexity index is 1300. The Kier molecular flexibility index (Phi) is 9.23. The van der Waals surface area contributed by atoms with Gasteiger partial charge in [-0.2, -0.15) is 5.21 Å². The molecule has 5 rings (SSSR count). The molecule has 2 aliphatic rings. The smallest absolute Gasteiger partial charge is 0.406 e. The average Bonchev–Trinajstić information content (AvgIpc) is 3.50. The molecule has 3 amide bonds. The Labute approximate surface area is 241 Å². The molecule has 13 heteroatoms. The van der Waals surface area contributed by atoms with Gasteiger partial charge in [0.05, 0.1) is 0 Å². The fourth-order valence-corrected chi connectivity index (χ4v) is 6.14. The highest BCUT2D eigenvalue weighted by atomic mass is 19.4. The number of carbonyl (C=O) groups is 2. The molecular weight excluding hydrogens is 551 g/mol. The lowest BCUT2D eigenvalue weighted by atomic mass is 9.72. The van der Waals surface area contributed by atoms with Gasteiger partial charge in [-0.15, -0.1) is 18.3 Å². The highest BCUT2D eigenvalue weighted by Gasteiger charge is 2.33. The number of aromatic amines is 1. The molecule has 3 N–H and O–H groups in total. The van der Waals surface area contributed by atoms with Crippen LogP contribution in [0.2, 0.25) is 0 Å². The first-order valence-corrected chi connectivity index (χ1v) is 14.3. The minimum absolute atomic E-state index is 0.0129. The molecule has 42 heavy (non-hydrogen) atoms. The van der Waals surface area contributed by atoms with Crippen molar-refractivity contribution in [1.29, 1.82) is 0 Å². The molecule has 0 radical (unpaired) electrons. The second-order valence-corrected chi connectivity index (χ2v) is 11.0. The van der Waals surface area contributed by atoms with Crippen LogP contribution in [0, 0.1) is 11.8 Å². The predicted molar refractivity (Wildman–Crippen MR) is 149 cm³/mol. The van der Waals surface area contributed by atoms with E-state index in [0.717, 1.165) is 37.2 Å². The normalized spacial score (nSPS) is 19.6. The second kappa shape index (κ2) is 13.2. The van der Waals surface area contributed by atoms with Gasteiger partial charge >= 0.3 is 12.4 Å². The molecule has 224 valence electrons. The summed E-state index contributed by atoms with van der Waals surface area (Å²) in [5.74, 6) is 0.766. The number of benzene rings is 2. The van der Waals surface area contributed by atoms with Crippen LogP contribution >= 0.6 is 0 Å². The molecule has 10 nitrogen and oxygen atoms in total. The van der Waals surface area contributed by atoms with E-state index in [1.54, 1.807) is 29.2 Å². The summed E-state index contributed by atoms with van der Waals surface area (Å²) in [6, 6.07) is 11.7. The van der Waals surface area contributed by atoms with Gasteiger partial charge in [-0.1, -0.05) is 49.3 Å². The first-order valence-electron chi connectivity index (χ1n) is 14.3. The van der Waals surface area contributed by atoms with Gasteiger partial charge in [0.25, 0.3) is 11.9 Å². The summed E-state index contributed by atoms with van der Waals surface area (Å²) in [7, 11) is 0. The lowest BCUT2D eigenvalue weighted by Crippen LogP contribution is -2.44. The predicted octanol–water partition coefficient (Wildman–Crippen LogP) is 6.52. The van der Waals surface area contributed by atoms with E-state index in [-0.39, 0.29) is 23.8 Å². The van der Waals surface area contributed by atoms with Crippen LogP contribution in [0.3, 0.4) is 0 Å². The van der Waals surface area contributed by atoms with E-state index in [1.165, 1.54) is 56.4 Å². The van der Waals surface area contributed by atoms with Crippen LogP contribution in [0.25, 0.3) is 0 Å². The summed E-state index contributed by atoms with van der Waals surface area (Å²) in [4.78, 5) is 27.9. The van der Waals surface area contributed by atoms with Crippen LogP contribution in [-0.2, 0) is 6.54 Å². The number of nitrogens with one attached hydrogen (secondary N) is 3. The molecule has 0 saturated heterocycles. The number of aromatic nitrogens is 4. The van der Waals surface area contributed by atoms with E-state index >= 15 is 0 Å². The topological polar surface area (TPSA) is 125 Å². The maximum atomic E-state index is 13.6. The number of hydrogen-bond acceptors (Lipinski definition) is 6. The first kappa shape index (κ1) is 29.3. The lowest BCUT2D eigenvalue weighted by molar-refractivity contribution is -0.274. The molecule has 2 aromatic carbocycles. The van der Waals surface area contributed by atoms with Crippen LogP contribution in [0.1, 0.15) is 73.7 Å². The summed E-state index contributed by atoms with van der Waals surface area (Å²) in [5, 5.41) is 18.5. The van der Waals surface area contributed by atoms with Crippen LogP contribution in [0.5, 0.6) is 5.75 Å². The zero-order valence-corrected chi connectivity index (χ0v) is 23.1. The number of tetrazole rings is 1. The number of nitrogens with zero attached hydrogens (tertiary/aromatic N) is 4. The standard InChI is InChI=1S/C29H34F3N7O3/c30-29(31,32)42-25-16-12-23(13-17-25)33-28(41)39(24-14-10-21(11-15-24)20-4-2-1-3-5-20)18-19-6-8-22(9-7-19)26(40)34-27-35-37-38-36-27/h6-9,12-13,16-17,20-21,24H,1-5,10-11,14-15,18H2,(H,33,41)(H2,34,35,36,37,38,40)/t21-,24-. The van der Waals surface area contributed by atoms with E-state index in [4.69, 9.17) is 0 Å². The van der Waals surface area contributed by atoms with Crippen molar-refractivity contribution in [3.63, 3.8) is 0 Å². The van der Waals surface area contributed by atoms with Crippen molar-refractivity contribution in [2.75, 3.05) is 10.6 Å². The van der Waals surface area contributed by atoms with Crippen molar-refractivity contribution in [3.8, 4) is 5.75 Å². The Morgan fingerprint density at radius 2 is 1.55 bits per heavy atom. The highest BCUT2D eigenvalue weighted by molar-refractivity contribution is 6.03. The van der Waals surface area contributed by atoms with Crippen molar-refractivity contribution in [3.05, 3.63) is 59.7 Å². The molecule has 0 spiro atoms. The molecule has 0 aliphatic heterocycles. The Morgan fingerprint density at radius 1 is 0.881 bits per heavy atom. The summed E-state index contributed by atoms with van der Waals surface area (Å²) in [6.45, 7) is 0.312. The van der Waals surface area contributed by atoms with Gasteiger partial charge in [-0.05, 0) is 84.7 Å². The van der Waals surface area contributed by atoms with Gasteiger partial charge < -0.3 is 15.0 Å². The summed E-state index contributed by atoms with van der Waals surface area (Å²) < 4.78 is 41.6. The van der Waals surface area contributed by atoms with Gasteiger partial charge in [0.15, 0.2) is 0 Å². The van der Waals surface area contributed by atoms with E-state index in [0.29, 0.717) is 23.7 Å². The maximum Gasteiger partial charge on any atom is 0.573 e. The number of H-pyrrole nitrogens is 1. The number of halogens is 3. The number of ether oxygens (including phenoxy) is 1. The number of carbonyl (C=O) groups excluding carboxylic acids is 2. The van der Waals surface area contributed by atoms with Gasteiger partial charge in [-0.25, -0.2) is 4.79 Å². The third-order valence-electron chi connectivity index (χ3n) is 8.24. The minimum atomic E-state index is -4.79. The third kappa shape index (κ3) is 7.98. The number of alkyl halides is 3. The van der Waals surface area contributed by atoms with Crippen molar-refractivity contribution in [2.24, 2.45) is 11.8 Å². The molecule has 2 aliphatic carbocycles. The molecule has 1 heterocycles. The zero-order valence-electron chi connectivity index (χ0n) is 23.1. The molecule has 0 atom stereocenters. The minimum Gasteiger partial charge on any atom is -0.406 e. The fourth-order valence-electron chi connectivity index (χ4n) is 6.14. The summed E-state index contributed by atoms with van der Waals surface area (Å²) in [6.07, 6.45) is 5.62. The van der Waals surface area contributed by atoms with Gasteiger partial charge in [0.2, 0.25) is 0 Å². The number of amides is 3. The van der Waals surface area contributed by atoms with Crippen LogP contribution < -0.4 is 15.4 Å². The first-order chi connectivity index (χ1) is 20.2. The van der Waals surface area contributed by atoms with Crippen molar-refractivity contribution in [1.82, 2.24) is 25.5 Å². The molecule has 0 unspecified atom stereocenters. The lowest BCUT2D eigenvalue weighted by Gasteiger charge is -2.40. The fraction of sp³-hybridized carbons (Fsp3) is 0.483. The SMILES string of the molecule is O=C(Nc1nn[nH]n1)c1ccc(CN(C(=O)Nc2ccc(OC(F)(F)F)cc2)[C@H]2CC[C@H](C3CCCCC3)CC2)cc1. The van der Waals surface area contributed by atoms with E-state index < -0.39 is 12.3 Å². The summed E-state index contributed by atoms with van der Waals surface area (Å²) >= 11 is 0. The zero-order chi connectivity index (χ0) is 29.5. The number of hydrogen-bond donors (Lipinski definition) is 3. The van der Waals surface area contributed by atoms with E-state index in [2.05, 4.69) is 36.0 Å². The molecule has 2 fully saturated rings. The average molecular weight is 586 g/mol. The van der Waals surface area contributed by atoms with Crippen molar-refractivity contribution in [2.45, 2.75) is 76.7 Å². The number of urea groups is 1. The van der Waals surface area contributed by atoms with Crippen molar-refractivity contribution < 1.29 is 27.5 Å². The van der Waals surface area contributed by atoms with Crippen LogP contribution in [0.4, 0.5) is 29.6 Å². The van der Waals surface area contributed by atoms with Gasteiger partial charge in [0, 0.05) is 23.8 Å². The Balaban J connectivity index is 1.26. The number of rotatable bonds is 8. The second-order valence-electron chi connectivity index (χ2n) is 11.0. The van der Waals surface area contributed by atoms with Crippen LogP contribution in [0.15, 0.2) is 48.5 Å². The Hall–Kier alpha value is -4.16. The molecule has 3 aromatic rings. The largest absolute Gasteiger partial charge is 0.573 e. The van der Waals surface area contributed by atoms with Gasteiger partial charge in [0.1, 0.15) is 5.75 Å². The van der Waals surface area contributed by atoms with Crippen LogP contribution in [-0.4, -0.2) is 49.9 Å². The number of anilines is 2. The molecule has 1 aromatic heterocycles. The van der Waals surface area contributed by atoms with E-state index in [9.17, 15) is 22.8 Å². The monoisotopic (exact) mass is 585 g/mol. The maximum absolute atomic E-state index is 13.6. The highest BCUT2D eigenvalue weighted by Crippen LogP contribution is 2.39. The summed E-state index contributed by atoms with van der Waals surface area (Å²) in [5.41, 5.74) is 1.60. The molecule has 2 saturated carbocycles.